The lowest BCUT2D eigenvalue weighted by Crippen LogP contribution is -2.15. The smallest absolute Gasteiger partial charge is 0.255 e. The highest BCUT2D eigenvalue weighted by Gasteiger charge is 2.14. The summed E-state index contributed by atoms with van der Waals surface area (Å²) in [6.45, 7) is 0.575. The molecular formula is C18H18F2N2O4. The van der Waals surface area contributed by atoms with E-state index in [1.54, 1.807) is 6.92 Å². The first-order valence-corrected chi connectivity index (χ1v) is 7.76. The van der Waals surface area contributed by atoms with E-state index in [0.717, 1.165) is 6.07 Å². The molecule has 2 aromatic carbocycles. The molecule has 2 N–H and O–H groups in total. The van der Waals surface area contributed by atoms with Gasteiger partial charge >= 0.3 is 0 Å². The van der Waals surface area contributed by atoms with E-state index in [9.17, 15) is 18.4 Å². The molecule has 6 nitrogen and oxygen atoms in total. The van der Waals surface area contributed by atoms with Crippen molar-refractivity contribution in [2.45, 2.75) is 13.3 Å². The van der Waals surface area contributed by atoms with Crippen LogP contribution in [0.5, 0.6) is 11.5 Å². The van der Waals surface area contributed by atoms with Crippen LogP contribution in [-0.4, -0.2) is 25.8 Å². The number of hydrogen-bond donors (Lipinski definition) is 2. The monoisotopic (exact) mass is 364 g/mol. The van der Waals surface area contributed by atoms with E-state index in [-0.39, 0.29) is 40.8 Å². The Bertz CT molecular complexity index is 812. The van der Waals surface area contributed by atoms with Gasteiger partial charge < -0.3 is 20.1 Å². The number of rotatable bonds is 7. The molecule has 0 aromatic heterocycles. The molecule has 8 heteroatoms. The first kappa shape index (κ1) is 19.2. The van der Waals surface area contributed by atoms with Gasteiger partial charge in [-0.2, -0.15) is 0 Å². The second-order valence-corrected chi connectivity index (χ2v) is 5.17. The van der Waals surface area contributed by atoms with Gasteiger partial charge in [0, 0.05) is 23.7 Å². The minimum atomic E-state index is -1.08. The third kappa shape index (κ3) is 4.69. The third-order valence-corrected chi connectivity index (χ3v) is 3.46. The molecule has 2 amide bonds. The molecule has 0 aliphatic carbocycles. The van der Waals surface area contributed by atoms with Crippen LogP contribution in [-0.2, 0) is 4.79 Å². The topological polar surface area (TPSA) is 76.7 Å². The van der Waals surface area contributed by atoms with E-state index < -0.39 is 18.6 Å². The van der Waals surface area contributed by atoms with Gasteiger partial charge in [-0.25, -0.2) is 8.78 Å². The quantitative estimate of drug-likeness (QED) is 0.785. The maximum absolute atomic E-state index is 13.7. The average Bonchev–Trinajstić information content (AvgIpc) is 2.63. The lowest BCUT2D eigenvalue weighted by molar-refractivity contribution is -0.115. The van der Waals surface area contributed by atoms with Crippen molar-refractivity contribution in [2.75, 3.05) is 24.6 Å². The molecule has 0 aliphatic heterocycles. The number of ether oxygens (including phenoxy) is 2. The molecule has 0 bridgehead atoms. The van der Waals surface area contributed by atoms with E-state index in [1.165, 1.54) is 37.4 Å². The molecule has 0 saturated carbocycles. The van der Waals surface area contributed by atoms with Crippen molar-refractivity contribution in [3.63, 3.8) is 0 Å². The molecule has 0 fully saturated rings. The second-order valence-electron chi connectivity index (χ2n) is 5.17. The summed E-state index contributed by atoms with van der Waals surface area (Å²) in [6, 6.07) is 8.12. The van der Waals surface area contributed by atoms with Gasteiger partial charge in [-0.3, -0.25) is 9.59 Å². The molecule has 26 heavy (non-hydrogen) atoms. The molecule has 0 heterocycles. The van der Waals surface area contributed by atoms with Gasteiger partial charge in [-0.15, -0.1) is 0 Å². The number of benzene rings is 2. The lowest BCUT2D eigenvalue weighted by atomic mass is 10.1. The maximum Gasteiger partial charge on any atom is 0.255 e. The summed E-state index contributed by atoms with van der Waals surface area (Å²) in [4.78, 5) is 24.0. The van der Waals surface area contributed by atoms with Crippen molar-refractivity contribution in [3.05, 3.63) is 47.8 Å². The standard InChI is InChI=1S/C18H18F2N2O4/c1-3-17(23)22-14-8-11(4-6-16(14)26-10-19)18(24)21-12-5-7-15(25-2)13(20)9-12/h4-9H,3,10H2,1-2H3,(H,21,24)(H,22,23). The Labute approximate surface area is 149 Å². The largest absolute Gasteiger partial charge is 0.494 e. The van der Waals surface area contributed by atoms with Crippen molar-refractivity contribution < 1.29 is 27.8 Å². The summed E-state index contributed by atoms with van der Waals surface area (Å²) in [6.07, 6.45) is 0.205. The highest BCUT2D eigenvalue weighted by molar-refractivity contribution is 6.05. The van der Waals surface area contributed by atoms with Gasteiger partial charge in [0.1, 0.15) is 5.75 Å². The molecule has 0 saturated heterocycles. The number of alkyl halides is 1. The van der Waals surface area contributed by atoms with Crippen LogP contribution in [0, 0.1) is 5.82 Å². The summed E-state index contributed by atoms with van der Waals surface area (Å²) in [5.41, 5.74) is 0.582. The average molecular weight is 364 g/mol. The van der Waals surface area contributed by atoms with E-state index in [4.69, 9.17) is 9.47 Å². The number of methoxy groups -OCH3 is 1. The highest BCUT2D eigenvalue weighted by Crippen LogP contribution is 2.27. The zero-order chi connectivity index (χ0) is 19.1. The van der Waals surface area contributed by atoms with Crippen molar-refractivity contribution in [1.82, 2.24) is 0 Å². The van der Waals surface area contributed by atoms with Gasteiger partial charge in [0.2, 0.25) is 12.8 Å². The minimum absolute atomic E-state index is 0.0558. The van der Waals surface area contributed by atoms with Crippen LogP contribution >= 0.6 is 0 Å². The lowest BCUT2D eigenvalue weighted by Gasteiger charge is -2.12. The predicted octanol–water partition coefficient (Wildman–Crippen LogP) is 3.74. The van der Waals surface area contributed by atoms with Gasteiger partial charge in [0.25, 0.3) is 5.91 Å². The molecule has 0 spiro atoms. The first-order chi connectivity index (χ1) is 12.5. The van der Waals surface area contributed by atoms with Crippen LogP contribution < -0.4 is 20.1 Å². The zero-order valence-corrected chi connectivity index (χ0v) is 14.3. The summed E-state index contributed by atoms with van der Waals surface area (Å²) < 4.78 is 35.8. The van der Waals surface area contributed by atoms with Crippen molar-refractivity contribution in [2.24, 2.45) is 0 Å². The van der Waals surface area contributed by atoms with E-state index >= 15 is 0 Å². The number of amides is 2. The molecule has 0 atom stereocenters. The van der Waals surface area contributed by atoms with Crippen molar-refractivity contribution >= 4 is 23.2 Å². The SMILES string of the molecule is CCC(=O)Nc1cc(C(=O)Nc2ccc(OC)c(F)c2)ccc1OCF. The number of nitrogens with one attached hydrogen (secondary N) is 2. The number of anilines is 2. The summed E-state index contributed by atoms with van der Waals surface area (Å²) in [7, 11) is 1.34. The van der Waals surface area contributed by atoms with Gasteiger partial charge in [0.05, 0.1) is 12.8 Å². The maximum atomic E-state index is 13.7. The first-order valence-electron chi connectivity index (χ1n) is 7.76. The molecule has 0 unspecified atom stereocenters. The molecule has 138 valence electrons. The number of hydrogen-bond acceptors (Lipinski definition) is 4. The minimum Gasteiger partial charge on any atom is -0.494 e. The number of carbonyl (C=O) groups is 2. The van der Waals surface area contributed by atoms with Crippen LogP contribution in [0.15, 0.2) is 36.4 Å². The summed E-state index contributed by atoms with van der Waals surface area (Å²) in [5, 5.41) is 5.08. The number of carbonyl (C=O) groups excluding carboxylic acids is 2. The van der Waals surface area contributed by atoms with Crippen LogP contribution in [0.25, 0.3) is 0 Å². The fourth-order valence-electron chi connectivity index (χ4n) is 2.14. The fraction of sp³-hybridized carbons (Fsp3) is 0.222. The van der Waals surface area contributed by atoms with Gasteiger partial charge in [-0.05, 0) is 30.3 Å². The molecular weight excluding hydrogens is 346 g/mol. The van der Waals surface area contributed by atoms with Gasteiger partial charge in [-0.1, -0.05) is 6.92 Å². The van der Waals surface area contributed by atoms with Crippen LogP contribution in [0.3, 0.4) is 0 Å². The molecule has 2 rings (SSSR count). The van der Waals surface area contributed by atoms with E-state index in [0.29, 0.717) is 0 Å². The number of halogens is 2. The molecule has 2 aromatic rings. The van der Waals surface area contributed by atoms with Crippen LogP contribution in [0.2, 0.25) is 0 Å². The molecule has 0 aliphatic rings. The Morgan fingerprint density at radius 2 is 1.81 bits per heavy atom. The molecule has 0 radical (unpaired) electrons. The second kappa shape index (κ2) is 8.80. The predicted molar refractivity (Wildman–Crippen MR) is 92.9 cm³/mol. The van der Waals surface area contributed by atoms with Crippen molar-refractivity contribution in [1.29, 1.82) is 0 Å². The fourth-order valence-corrected chi connectivity index (χ4v) is 2.14. The Kier molecular flexibility index (Phi) is 6.48. The Morgan fingerprint density at radius 1 is 1.08 bits per heavy atom. The third-order valence-electron chi connectivity index (χ3n) is 3.46. The highest BCUT2D eigenvalue weighted by atomic mass is 19.1. The normalized spacial score (nSPS) is 10.2. The van der Waals surface area contributed by atoms with Gasteiger partial charge in [0.15, 0.2) is 11.6 Å². The Balaban J connectivity index is 2.23. The van der Waals surface area contributed by atoms with Crippen LogP contribution in [0.4, 0.5) is 20.2 Å². The van der Waals surface area contributed by atoms with Crippen LogP contribution in [0.1, 0.15) is 23.7 Å². The summed E-state index contributed by atoms with van der Waals surface area (Å²) in [5.74, 6) is -1.31. The van der Waals surface area contributed by atoms with Crippen molar-refractivity contribution in [3.8, 4) is 11.5 Å². The summed E-state index contributed by atoms with van der Waals surface area (Å²) >= 11 is 0. The Hall–Kier alpha value is -3.16. The Morgan fingerprint density at radius 3 is 2.42 bits per heavy atom. The van der Waals surface area contributed by atoms with E-state index in [1.807, 2.05) is 0 Å². The van der Waals surface area contributed by atoms with E-state index in [2.05, 4.69) is 10.6 Å². The zero-order valence-electron chi connectivity index (χ0n) is 14.3.